The van der Waals surface area contributed by atoms with Crippen LogP contribution in [-0.4, -0.2) is 31.0 Å². The SMILES string of the molecule is CN(C)C1Cc2cc3c(cc2C1)[NH+]([O-])N=C(N)N3. The van der Waals surface area contributed by atoms with Crippen molar-refractivity contribution in [2.24, 2.45) is 10.8 Å². The van der Waals surface area contributed by atoms with Crippen LogP contribution < -0.4 is 16.2 Å². The van der Waals surface area contributed by atoms with Gasteiger partial charge in [-0.3, -0.25) is 0 Å². The van der Waals surface area contributed by atoms with E-state index >= 15 is 0 Å². The van der Waals surface area contributed by atoms with Crippen molar-refractivity contribution in [1.82, 2.24) is 4.90 Å². The Morgan fingerprint density at radius 2 is 2.06 bits per heavy atom. The molecule has 0 aromatic heterocycles. The lowest BCUT2D eigenvalue weighted by Crippen LogP contribution is -2.98. The Morgan fingerprint density at radius 3 is 2.72 bits per heavy atom. The lowest BCUT2D eigenvalue weighted by molar-refractivity contribution is -0.783. The van der Waals surface area contributed by atoms with Crippen molar-refractivity contribution in [2.75, 3.05) is 19.4 Å². The number of benzene rings is 1. The molecule has 0 radical (unpaired) electrons. The van der Waals surface area contributed by atoms with Gasteiger partial charge in [-0.1, -0.05) is 0 Å². The van der Waals surface area contributed by atoms with Gasteiger partial charge in [0.05, 0.1) is 0 Å². The Labute approximate surface area is 106 Å². The molecule has 1 aromatic rings. The zero-order chi connectivity index (χ0) is 12.9. The summed E-state index contributed by atoms with van der Waals surface area (Å²) in [5.74, 6) is 0.176. The number of nitrogens with two attached hydrogens (primary N) is 1. The molecular weight excluding hydrogens is 230 g/mol. The minimum absolute atomic E-state index is 0.176. The molecule has 0 saturated carbocycles. The van der Waals surface area contributed by atoms with E-state index in [1.54, 1.807) is 0 Å². The molecule has 1 heterocycles. The summed E-state index contributed by atoms with van der Waals surface area (Å²) in [6, 6.07) is 4.50. The number of quaternary nitrogens is 1. The first kappa shape index (κ1) is 11.5. The van der Waals surface area contributed by atoms with Gasteiger partial charge in [-0.15, -0.1) is 0 Å². The monoisotopic (exact) mass is 247 g/mol. The van der Waals surface area contributed by atoms with Crippen molar-refractivity contribution in [1.29, 1.82) is 0 Å². The molecule has 1 aliphatic carbocycles. The molecule has 6 nitrogen and oxygen atoms in total. The molecule has 4 N–H and O–H groups in total. The van der Waals surface area contributed by atoms with Crippen molar-refractivity contribution in [3.63, 3.8) is 0 Å². The molecule has 0 saturated heterocycles. The molecule has 1 aliphatic heterocycles. The Kier molecular flexibility index (Phi) is 2.51. The highest BCUT2D eigenvalue weighted by atomic mass is 16.5. The number of rotatable bonds is 1. The maximum absolute atomic E-state index is 11.8. The molecule has 0 amide bonds. The van der Waals surface area contributed by atoms with Gasteiger partial charge in [0.15, 0.2) is 5.69 Å². The third-order valence-corrected chi connectivity index (χ3v) is 3.70. The quantitative estimate of drug-likeness (QED) is 0.578. The first-order chi connectivity index (χ1) is 8.54. The fourth-order valence-electron chi connectivity index (χ4n) is 2.63. The molecule has 0 bridgehead atoms. The molecule has 18 heavy (non-hydrogen) atoms. The van der Waals surface area contributed by atoms with Crippen LogP contribution in [0.4, 0.5) is 11.4 Å². The summed E-state index contributed by atoms with van der Waals surface area (Å²) in [6.45, 7) is 0. The van der Waals surface area contributed by atoms with Crippen LogP contribution in [0, 0.1) is 5.21 Å². The van der Waals surface area contributed by atoms with Gasteiger partial charge in [0.2, 0.25) is 0 Å². The number of anilines is 1. The van der Waals surface area contributed by atoms with Crippen molar-refractivity contribution in [3.8, 4) is 0 Å². The summed E-state index contributed by atoms with van der Waals surface area (Å²) in [6.07, 6.45) is 2.00. The van der Waals surface area contributed by atoms with E-state index in [4.69, 9.17) is 5.73 Å². The molecule has 0 spiro atoms. The van der Waals surface area contributed by atoms with Gasteiger partial charge in [0.1, 0.15) is 5.69 Å². The molecule has 3 rings (SSSR count). The van der Waals surface area contributed by atoms with Crippen LogP contribution in [0.5, 0.6) is 0 Å². The summed E-state index contributed by atoms with van der Waals surface area (Å²) in [4.78, 5) is 2.22. The summed E-state index contributed by atoms with van der Waals surface area (Å²) >= 11 is 0. The third kappa shape index (κ3) is 1.74. The number of hydrogen-bond acceptors (Lipinski definition) is 5. The van der Waals surface area contributed by atoms with E-state index in [-0.39, 0.29) is 11.1 Å². The molecule has 0 fully saturated rings. The largest absolute Gasteiger partial charge is 0.601 e. The highest BCUT2D eigenvalue weighted by molar-refractivity contribution is 5.95. The summed E-state index contributed by atoms with van der Waals surface area (Å²) in [7, 11) is 4.17. The molecule has 96 valence electrons. The van der Waals surface area contributed by atoms with E-state index in [0.29, 0.717) is 11.7 Å². The second-order valence-corrected chi connectivity index (χ2v) is 5.12. The molecule has 2 aliphatic rings. The summed E-state index contributed by atoms with van der Waals surface area (Å²) in [5.41, 5.74) is 9.52. The van der Waals surface area contributed by atoms with Crippen LogP contribution in [0.3, 0.4) is 0 Å². The van der Waals surface area contributed by atoms with Gasteiger partial charge in [-0.2, -0.15) is 0 Å². The normalized spacial score (nSPS) is 25.4. The maximum atomic E-state index is 11.8. The topological polar surface area (TPSA) is 81.1 Å². The van der Waals surface area contributed by atoms with Crippen molar-refractivity contribution >= 4 is 17.3 Å². The van der Waals surface area contributed by atoms with Crippen LogP contribution in [0.25, 0.3) is 0 Å². The van der Waals surface area contributed by atoms with Crippen LogP contribution in [0.1, 0.15) is 11.1 Å². The second-order valence-electron chi connectivity index (χ2n) is 5.12. The minimum Gasteiger partial charge on any atom is -0.601 e. The average molecular weight is 247 g/mol. The Hall–Kier alpha value is -1.63. The fraction of sp³-hybridized carbons (Fsp3) is 0.417. The predicted octanol–water partition coefficient (Wildman–Crippen LogP) is -0.615. The fourth-order valence-corrected chi connectivity index (χ4v) is 2.63. The Balaban J connectivity index is 1.98. The smallest absolute Gasteiger partial charge is 0.252 e. The number of fused-ring (bicyclic) bond motifs is 2. The first-order valence-corrected chi connectivity index (χ1v) is 6.02. The summed E-state index contributed by atoms with van der Waals surface area (Å²) in [5, 5.41) is 18.2. The Bertz CT molecular complexity index is 525. The van der Waals surface area contributed by atoms with E-state index in [1.165, 1.54) is 11.1 Å². The number of nitrogens with zero attached hydrogens (tertiary/aromatic N) is 2. The van der Waals surface area contributed by atoms with E-state index in [0.717, 1.165) is 18.5 Å². The number of hydrogen-bond donors (Lipinski definition) is 3. The van der Waals surface area contributed by atoms with Gasteiger partial charge in [-0.25, -0.2) is 5.17 Å². The highest BCUT2D eigenvalue weighted by Gasteiger charge is 2.27. The number of nitrogens with one attached hydrogen (secondary N) is 2. The zero-order valence-corrected chi connectivity index (χ0v) is 10.5. The van der Waals surface area contributed by atoms with Crippen LogP contribution >= 0.6 is 0 Å². The molecule has 6 heteroatoms. The van der Waals surface area contributed by atoms with Crippen molar-refractivity contribution in [3.05, 3.63) is 28.5 Å². The predicted molar refractivity (Wildman–Crippen MR) is 70.6 cm³/mol. The number of likely N-dealkylation sites (N-methyl/N-ethyl adjacent to an activating group) is 1. The van der Waals surface area contributed by atoms with Crippen LogP contribution in [0.2, 0.25) is 0 Å². The van der Waals surface area contributed by atoms with Crippen molar-refractivity contribution < 1.29 is 5.17 Å². The van der Waals surface area contributed by atoms with E-state index < -0.39 is 0 Å². The van der Waals surface area contributed by atoms with Gasteiger partial charge in [-0.05, 0) is 49.2 Å². The van der Waals surface area contributed by atoms with E-state index in [9.17, 15) is 5.21 Å². The summed E-state index contributed by atoms with van der Waals surface area (Å²) < 4.78 is 0. The third-order valence-electron chi connectivity index (χ3n) is 3.70. The van der Waals surface area contributed by atoms with Crippen LogP contribution in [-0.2, 0) is 12.8 Å². The van der Waals surface area contributed by atoms with E-state index in [1.807, 2.05) is 12.1 Å². The Morgan fingerprint density at radius 1 is 1.39 bits per heavy atom. The lowest BCUT2D eigenvalue weighted by Gasteiger charge is -2.24. The van der Waals surface area contributed by atoms with Crippen molar-refractivity contribution in [2.45, 2.75) is 18.9 Å². The minimum atomic E-state index is -0.252. The molecule has 1 aromatic carbocycles. The molecule has 2 unspecified atom stereocenters. The van der Waals surface area contributed by atoms with E-state index in [2.05, 4.69) is 29.4 Å². The van der Waals surface area contributed by atoms with Crippen LogP contribution in [0.15, 0.2) is 17.2 Å². The zero-order valence-electron chi connectivity index (χ0n) is 10.5. The highest BCUT2D eigenvalue weighted by Crippen LogP contribution is 2.32. The van der Waals surface area contributed by atoms with Gasteiger partial charge < -0.3 is 21.2 Å². The lowest BCUT2D eigenvalue weighted by atomic mass is 10.1. The first-order valence-electron chi connectivity index (χ1n) is 6.02. The average Bonchev–Trinajstić information content (AvgIpc) is 2.69. The second kappa shape index (κ2) is 3.94. The maximum Gasteiger partial charge on any atom is 0.252 e. The number of guanidine groups is 1. The molecular formula is C12H17N5O. The van der Waals surface area contributed by atoms with Gasteiger partial charge in [0.25, 0.3) is 5.96 Å². The molecule has 2 atom stereocenters. The van der Waals surface area contributed by atoms with Gasteiger partial charge in [0, 0.05) is 12.1 Å². The standard InChI is InChI=1S/C12H17N5O/c1-16(2)9-3-7-5-10-11(6-8(7)4-9)17(18)15-12(13)14-10/h5-6,9,17H,3-4H2,1-2H3,(H3,13,14,15). The van der Waals surface area contributed by atoms with Gasteiger partial charge >= 0.3 is 0 Å².